The van der Waals surface area contributed by atoms with E-state index >= 15 is 0 Å². The third kappa shape index (κ3) is 10.2. The first-order valence-corrected chi connectivity index (χ1v) is 16.0. The van der Waals surface area contributed by atoms with Crippen molar-refractivity contribution < 1.29 is 52.1 Å². The molecule has 0 bridgehead atoms. The summed E-state index contributed by atoms with van der Waals surface area (Å²) in [5.74, 6) is 0. The molecule has 0 unspecified atom stereocenters. The van der Waals surface area contributed by atoms with Gasteiger partial charge in [-0.3, -0.25) is 0 Å². The van der Waals surface area contributed by atoms with Gasteiger partial charge in [0.2, 0.25) is 0 Å². The molecule has 6 aromatic rings. The fraction of sp³-hybridized carbons (Fsp3) is 0.118. The SMILES string of the molecule is Cc1ccc(S(=O)(=O)[O-])cc1.Cc1ccc(S(=O)(=O)[O-])cc1.[Zr+4].c1ccc2[cH-]c(CCc3cc4ccccc4[cH-]3)cc2c1. The number of hydrogen-bond acceptors (Lipinski definition) is 6. The summed E-state index contributed by atoms with van der Waals surface area (Å²) in [5, 5.41) is 5.43. The molecule has 218 valence electrons. The maximum absolute atomic E-state index is 10.4. The topological polar surface area (TPSA) is 114 Å². The molecule has 0 aromatic heterocycles. The fourth-order valence-electron chi connectivity index (χ4n) is 4.42. The minimum Gasteiger partial charge on any atom is -0.744 e. The second kappa shape index (κ2) is 15.0. The maximum atomic E-state index is 10.4. The van der Waals surface area contributed by atoms with Crippen LogP contribution in [0.1, 0.15) is 22.3 Å². The van der Waals surface area contributed by atoms with E-state index in [0.29, 0.717) is 0 Å². The number of rotatable bonds is 5. The van der Waals surface area contributed by atoms with E-state index in [0.717, 1.165) is 24.0 Å². The Labute approximate surface area is 272 Å². The van der Waals surface area contributed by atoms with E-state index in [9.17, 15) is 25.9 Å². The summed E-state index contributed by atoms with van der Waals surface area (Å²) < 4.78 is 62.3. The van der Waals surface area contributed by atoms with Gasteiger partial charge >= 0.3 is 26.2 Å². The smallest absolute Gasteiger partial charge is 0.744 e. The molecule has 0 atom stereocenters. The number of hydrogen-bond donors (Lipinski definition) is 0. The van der Waals surface area contributed by atoms with Gasteiger partial charge in [0.05, 0.1) is 9.79 Å². The van der Waals surface area contributed by atoms with Gasteiger partial charge in [-0.25, -0.2) is 16.8 Å². The predicted molar refractivity (Wildman–Crippen MR) is 165 cm³/mol. The van der Waals surface area contributed by atoms with E-state index in [2.05, 4.69) is 72.8 Å². The molecule has 0 amide bonds. The largest absolute Gasteiger partial charge is 4.00 e. The van der Waals surface area contributed by atoms with Crippen molar-refractivity contribution >= 4 is 41.8 Å². The Kier molecular flexibility index (Phi) is 12.0. The van der Waals surface area contributed by atoms with Crippen LogP contribution in [0.5, 0.6) is 0 Å². The molecular weight excluding hydrogens is 660 g/mol. The van der Waals surface area contributed by atoms with Crippen molar-refractivity contribution in [2.24, 2.45) is 0 Å². The van der Waals surface area contributed by atoms with Gasteiger partial charge in [0.25, 0.3) is 0 Å². The Hall–Kier alpha value is -3.20. The molecular formula is C34H30O6S2Zr. The van der Waals surface area contributed by atoms with Crippen molar-refractivity contribution in [1.29, 1.82) is 0 Å². The summed E-state index contributed by atoms with van der Waals surface area (Å²) in [4.78, 5) is -0.355. The summed E-state index contributed by atoms with van der Waals surface area (Å²) in [7, 11) is -8.54. The quantitative estimate of drug-likeness (QED) is 0.142. The van der Waals surface area contributed by atoms with Gasteiger partial charge in [0.1, 0.15) is 20.2 Å². The number of aryl methyl sites for hydroxylation is 4. The van der Waals surface area contributed by atoms with Crippen molar-refractivity contribution in [2.45, 2.75) is 36.5 Å². The number of benzene rings is 4. The van der Waals surface area contributed by atoms with Gasteiger partial charge in [0, 0.05) is 0 Å². The monoisotopic (exact) mass is 688 g/mol. The minimum absolute atomic E-state index is 0. The molecule has 0 radical (unpaired) electrons. The van der Waals surface area contributed by atoms with Crippen molar-refractivity contribution in [2.75, 3.05) is 0 Å². The normalized spacial score (nSPS) is 11.2. The maximum Gasteiger partial charge on any atom is 4.00 e. The van der Waals surface area contributed by atoms with Gasteiger partial charge in [-0.05, 0) is 51.0 Å². The molecule has 0 saturated carbocycles. The van der Waals surface area contributed by atoms with Crippen LogP contribution in [0.15, 0.2) is 131 Å². The van der Waals surface area contributed by atoms with Crippen molar-refractivity contribution in [1.82, 2.24) is 0 Å². The predicted octanol–water partition coefficient (Wildman–Crippen LogP) is 7.01. The molecule has 0 heterocycles. The van der Waals surface area contributed by atoms with Crippen LogP contribution in [0.3, 0.4) is 0 Å². The van der Waals surface area contributed by atoms with Crippen LogP contribution in [-0.4, -0.2) is 25.9 Å². The molecule has 6 rings (SSSR count). The Morgan fingerprint density at radius 1 is 0.535 bits per heavy atom. The van der Waals surface area contributed by atoms with Crippen LogP contribution in [0, 0.1) is 13.8 Å². The van der Waals surface area contributed by atoms with Gasteiger partial charge in [-0.15, -0.1) is 81.2 Å². The van der Waals surface area contributed by atoms with E-state index in [-0.39, 0.29) is 36.0 Å². The summed E-state index contributed by atoms with van der Waals surface area (Å²) in [6, 6.07) is 38.0. The molecule has 0 aliphatic heterocycles. The molecule has 9 heteroatoms. The zero-order valence-electron chi connectivity index (χ0n) is 23.7. The van der Waals surface area contributed by atoms with Crippen LogP contribution < -0.4 is 0 Å². The standard InChI is InChI=1S/C20H16.2C7H8O3S.Zr/c1-2-6-18-12-15(11-17(18)5-1)9-10-16-13-19-7-3-4-8-20(19)14-16;2*1-6-2-4-7(5-3-6)11(8,9)10;/h1-8,11-14H,9-10H2;2*2-5H,1H3,(H,8,9,10);/q-2;;;+4/p-2. The third-order valence-corrected chi connectivity index (χ3v) is 8.38. The first-order valence-electron chi connectivity index (χ1n) is 13.2. The summed E-state index contributed by atoms with van der Waals surface area (Å²) >= 11 is 0. The zero-order chi connectivity index (χ0) is 30.3. The molecule has 0 N–H and O–H groups in total. The van der Waals surface area contributed by atoms with E-state index in [1.807, 2.05) is 13.8 Å². The van der Waals surface area contributed by atoms with Crippen molar-refractivity contribution in [3.05, 3.63) is 144 Å². The van der Waals surface area contributed by atoms with Crippen LogP contribution >= 0.6 is 0 Å². The van der Waals surface area contributed by atoms with Gasteiger partial charge in [-0.1, -0.05) is 47.5 Å². The molecule has 0 aliphatic carbocycles. The van der Waals surface area contributed by atoms with E-state index in [1.165, 1.54) is 56.9 Å². The molecule has 6 nitrogen and oxygen atoms in total. The average molecular weight is 690 g/mol. The molecule has 0 saturated heterocycles. The molecule has 0 fully saturated rings. The third-order valence-electron chi connectivity index (χ3n) is 6.68. The van der Waals surface area contributed by atoms with E-state index in [1.54, 1.807) is 24.3 Å². The first-order chi connectivity index (χ1) is 19.9. The van der Waals surface area contributed by atoms with Gasteiger partial charge < -0.3 is 9.11 Å². The molecule has 6 aromatic carbocycles. The van der Waals surface area contributed by atoms with Crippen molar-refractivity contribution in [3.63, 3.8) is 0 Å². The zero-order valence-corrected chi connectivity index (χ0v) is 27.8. The van der Waals surface area contributed by atoms with Gasteiger partial charge in [-0.2, -0.15) is 12.1 Å². The Morgan fingerprint density at radius 3 is 1.16 bits per heavy atom. The van der Waals surface area contributed by atoms with Crippen LogP contribution in [0.2, 0.25) is 0 Å². The van der Waals surface area contributed by atoms with Crippen LogP contribution in [-0.2, 0) is 59.3 Å². The Morgan fingerprint density at radius 2 is 0.860 bits per heavy atom. The average Bonchev–Trinajstić information content (AvgIpc) is 3.56. The number of fused-ring (bicyclic) bond motifs is 2. The fourth-order valence-corrected chi connectivity index (χ4v) is 5.36. The second-order valence-corrected chi connectivity index (χ2v) is 12.8. The molecule has 43 heavy (non-hydrogen) atoms. The van der Waals surface area contributed by atoms with E-state index in [4.69, 9.17) is 0 Å². The Balaban J connectivity index is 0.000000190. The summed E-state index contributed by atoms with van der Waals surface area (Å²) in [5.41, 5.74) is 4.74. The van der Waals surface area contributed by atoms with Crippen LogP contribution in [0.25, 0.3) is 21.5 Å². The second-order valence-electron chi connectivity index (χ2n) is 10.0. The first kappa shape index (κ1) is 34.3. The Bertz CT molecular complexity index is 1770. The van der Waals surface area contributed by atoms with E-state index < -0.39 is 20.2 Å². The summed E-state index contributed by atoms with van der Waals surface area (Å²) in [6.07, 6.45) is 2.23. The van der Waals surface area contributed by atoms with Crippen molar-refractivity contribution in [3.8, 4) is 0 Å². The minimum atomic E-state index is -4.27. The van der Waals surface area contributed by atoms with Gasteiger partial charge in [0.15, 0.2) is 0 Å². The molecule has 0 spiro atoms. The molecule has 0 aliphatic rings. The summed E-state index contributed by atoms with van der Waals surface area (Å²) in [6.45, 7) is 3.64. The van der Waals surface area contributed by atoms with Crippen LogP contribution in [0.4, 0.5) is 0 Å².